The van der Waals surface area contributed by atoms with Crippen molar-refractivity contribution in [3.05, 3.63) is 54.2 Å². The maximum absolute atomic E-state index is 12.8. The van der Waals surface area contributed by atoms with Crippen LogP contribution in [0.4, 0.5) is 0 Å². The van der Waals surface area contributed by atoms with E-state index in [1.807, 2.05) is 24.3 Å². The molecule has 4 atom stereocenters. The van der Waals surface area contributed by atoms with E-state index in [0.717, 1.165) is 22.9 Å². The number of carbonyl (C=O) groups is 2. The van der Waals surface area contributed by atoms with Gasteiger partial charge in [-0.3, -0.25) is 24.5 Å². The second-order valence-electron chi connectivity index (χ2n) is 8.17. The Hall–Kier alpha value is -2.49. The van der Waals surface area contributed by atoms with Gasteiger partial charge in [0.15, 0.2) is 5.96 Å². The molecule has 1 aliphatic heterocycles. The molecular weight excluding hydrogens is 505 g/mol. The number of benzene rings is 1. The van der Waals surface area contributed by atoms with Crippen LogP contribution in [0.25, 0.3) is 10.9 Å². The Morgan fingerprint density at radius 2 is 1.81 bits per heavy atom. The predicted octanol–water partition coefficient (Wildman–Crippen LogP) is 2.32. The Morgan fingerprint density at radius 3 is 2.52 bits per heavy atom. The van der Waals surface area contributed by atoms with Crippen molar-refractivity contribution < 1.29 is 9.59 Å². The van der Waals surface area contributed by atoms with Gasteiger partial charge in [0.2, 0.25) is 11.8 Å². The smallest absolute Gasteiger partial charge is 0.233 e. The summed E-state index contributed by atoms with van der Waals surface area (Å²) in [6, 6.07) is 10.0. The Labute approximate surface area is 198 Å². The fourth-order valence-corrected chi connectivity index (χ4v) is 5.18. The maximum Gasteiger partial charge on any atom is 0.233 e. The summed E-state index contributed by atoms with van der Waals surface area (Å²) < 4.78 is 0. The number of rotatable bonds is 5. The molecule has 2 aliphatic carbocycles. The van der Waals surface area contributed by atoms with Crippen LogP contribution in [-0.4, -0.2) is 47.8 Å². The van der Waals surface area contributed by atoms with Gasteiger partial charge in [-0.05, 0) is 36.0 Å². The predicted molar refractivity (Wildman–Crippen MR) is 130 cm³/mol. The lowest BCUT2D eigenvalue weighted by molar-refractivity contribution is -0.140. The molecule has 2 N–H and O–H groups in total. The molecule has 0 radical (unpaired) electrons. The molecule has 2 heterocycles. The van der Waals surface area contributed by atoms with Crippen molar-refractivity contribution in [3.8, 4) is 0 Å². The van der Waals surface area contributed by atoms with Crippen LogP contribution in [-0.2, 0) is 16.1 Å². The molecule has 3 aliphatic rings. The average molecular weight is 531 g/mol. The molecule has 2 amide bonds. The molecule has 2 fully saturated rings. The highest BCUT2D eigenvalue weighted by Crippen LogP contribution is 2.52. The Morgan fingerprint density at radius 1 is 1.10 bits per heavy atom. The molecule has 5 rings (SSSR count). The van der Waals surface area contributed by atoms with Crippen molar-refractivity contribution in [3.63, 3.8) is 0 Å². The molecular formula is C23H26IN5O2. The monoisotopic (exact) mass is 531 g/mol. The molecule has 0 spiro atoms. The number of carbonyl (C=O) groups excluding carboxylic acids is 2. The molecule has 1 saturated heterocycles. The van der Waals surface area contributed by atoms with Crippen LogP contribution in [0.3, 0.4) is 0 Å². The minimum Gasteiger partial charge on any atom is -0.355 e. The SMILES string of the molecule is CN=C(NCCN1C(=O)C2C3C=CC(C3)C2C1=O)NCc1ccnc2ccccc12.I. The van der Waals surface area contributed by atoms with E-state index in [1.165, 1.54) is 4.90 Å². The number of fused-ring (bicyclic) bond motifs is 6. The van der Waals surface area contributed by atoms with Gasteiger partial charge >= 0.3 is 0 Å². The lowest BCUT2D eigenvalue weighted by Gasteiger charge is -2.19. The number of guanidine groups is 1. The van der Waals surface area contributed by atoms with Gasteiger partial charge in [-0.25, -0.2) is 0 Å². The quantitative estimate of drug-likeness (QED) is 0.204. The molecule has 1 saturated carbocycles. The molecule has 162 valence electrons. The number of imide groups is 1. The Kier molecular flexibility index (Phi) is 6.27. The van der Waals surface area contributed by atoms with Crippen LogP contribution < -0.4 is 10.6 Å². The zero-order valence-corrected chi connectivity index (χ0v) is 19.7. The van der Waals surface area contributed by atoms with E-state index in [0.29, 0.717) is 25.6 Å². The fourth-order valence-electron chi connectivity index (χ4n) is 5.18. The lowest BCUT2D eigenvalue weighted by atomic mass is 9.85. The van der Waals surface area contributed by atoms with Gasteiger partial charge in [0.1, 0.15) is 0 Å². The number of likely N-dealkylation sites (tertiary alicyclic amines) is 1. The number of pyridine rings is 1. The van der Waals surface area contributed by atoms with Crippen LogP contribution >= 0.6 is 24.0 Å². The number of hydrogen-bond donors (Lipinski definition) is 2. The number of nitrogens with zero attached hydrogens (tertiary/aromatic N) is 3. The fraction of sp³-hybridized carbons (Fsp3) is 0.391. The summed E-state index contributed by atoms with van der Waals surface area (Å²) in [7, 11) is 1.71. The van der Waals surface area contributed by atoms with Crippen molar-refractivity contribution in [2.75, 3.05) is 20.1 Å². The van der Waals surface area contributed by atoms with Gasteiger partial charge in [-0.2, -0.15) is 0 Å². The standard InChI is InChI=1S/C23H25N5O2.HI/c1-24-23(27-13-16-8-9-25-18-5-3-2-4-17(16)18)26-10-11-28-21(29)19-14-6-7-15(12-14)20(19)22(28)30;/h2-9,14-15,19-20H,10-13H2,1H3,(H2,24,26,27);1H. The maximum atomic E-state index is 12.8. The highest BCUT2D eigenvalue weighted by Gasteiger charge is 2.58. The minimum atomic E-state index is -0.134. The number of aromatic nitrogens is 1. The molecule has 1 aromatic carbocycles. The summed E-state index contributed by atoms with van der Waals surface area (Å²) in [4.78, 5) is 35.6. The number of amides is 2. The second kappa shape index (κ2) is 8.94. The van der Waals surface area contributed by atoms with Crippen molar-refractivity contribution in [2.24, 2.45) is 28.7 Å². The van der Waals surface area contributed by atoms with E-state index in [4.69, 9.17) is 0 Å². The molecule has 1 aromatic heterocycles. The summed E-state index contributed by atoms with van der Waals surface area (Å²) in [6.45, 7) is 1.43. The highest BCUT2D eigenvalue weighted by atomic mass is 127. The van der Waals surface area contributed by atoms with Gasteiger partial charge in [-0.1, -0.05) is 30.4 Å². The van der Waals surface area contributed by atoms with Crippen molar-refractivity contribution in [1.82, 2.24) is 20.5 Å². The molecule has 2 bridgehead atoms. The first-order chi connectivity index (χ1) is 14.7. The number of aliphatic imine (C=N–C) groups is 1. The van der Waals surface area contributed by atoms with E-state index in [1.54, 1.807) is 13.2 Å². The third-order valence-corrected chi connectivity index (χ3v) is 6.60. The van der Waals surface area contributed by atoms with E-state index < -0.39 is 0 Å². The number of halogens is 1. The van der Waals surface area contributed by atoms with Crippen molar-refractivity contribution in [2.45, 2.75) is 13.0 Å². The molecule has 4 unspecified atom stereocenters. The van der Waals surface area contributed by atoms with E-state index >= 15 is 0 Å². The number of para-hydroxylation sites is 1. The number of hydrogen-bond acceptors (Lipinski definition) is 4. The van der Waals surface area contributed by atoms with Gasteiger partial charge in [0.05, 0.1) is 17.4 Å². The van der Waals surface area contributed by atoms with Crippen LogP contribution in [0.1, 0.15) is 12.0 Å². The van der Waals surface area contributed by atoms with Crippen LogP contribution in [0, 0.1) is 23.7 Å². The topological polar surface area (TPSA) is 86.7 Å². The highest BCUT2D eigenvalue weighted by molar-refractivity contribution is 14.0. The van der Waals surface area contributed by atoms with Crippen LogP contribution in [0.15, 0.2) is 53.7 Å². The summed E-state index contributed by atoms with van der Waals surface area (Å²) in [6.07, 6.45) is 7.00. The Bertz CT molecular complexity index is 1030. The first kappa shape index (κ1) is 21.7. The molecule has 2 aromatic rings. The average Bonchev–Trinajstić information content (AvgIpc) is 3.45. The van der Waals surface area contributed by atoms with Crippen molar-refractivity contribution >= 4 is 52.7 Å². The summed E-state index contributed by atoms with van der Waals surface area (Å²) in [5, 5.41) is 7.63. The zero-order valence-electron chi connectivity index (χ0n) is 17.3. The largest absolute Gasteiger partial charge is 0.355 e. The lowest BCUT2D eigenvalue weighted by Crippen LogP contribution is -2.43. The molecule has 8 heteroatoms. The van der Waals surface area contributed by atoms with Gasteiger partial charge < -0.3 is 10.6 Å². The van der Waals surface area contributed by atoms with Crippen LogP contribution in [0.5, 0.6) is 0 Å². The summed E-state index contributed by atoms with van der Waals surface area (Å²) in [5.41, 5.74) is 2.09. The van der Waals surface area contributed by atoms with E-state index in [-0.39, 0.29) is 59.5 Å². The summed E-state index contributed by atoms with van der Waals surface area (Å²) >= 11 is 0. The second-order valence-corrected chi connectivity index (χ2v) is 8.17. The first-order valence-corrected chi connectivity index (χ1v) is 10.5. The van der Waals surface area contributed by atoms with Crippen LogP contribution in [0.2, 0.25) is 0 Å². The zero-order chi connectivity index (χ0) is 20.7. The normalized spacial score (nSPS) is 26.4. The molecule has 7 nitrogen and oxygen atoms in total. The first-order valence-electron chi connectivity index (χ1n) is 10.5. The van der Waals surface area contributed by atoms with Crippen molar-refractivity contribution in [1.29, 1.82) is 0 Å². The Balaban J connectivity index is 0.00000231. The molecule has 31 heavy (non-hydrogen) atoms. The third-order valence-electron chi connectivity index (χ3n) is 6.60. The number of nitrogens with one attached hydrogen (secondary N) is 2. The van der Waals surface area contributed by atoms with Gasteiger partial charge in [-0.15, -0.1) is 24.0 Å². The van der Waals surface area contributed by atoms with E-state index in [9.17, 15) is 9.59 Å². The summed E-state index contributed by atoms with van der Waals surface area (Å²) in [5.74, 6) is 0.856. The third kappa shape index (κ3) is 3.81. The number of allylic oxidation sites excluding steroid dienone is 2. The minimum absolute atomic E-state index is 0. The van der Waals surface area contributed by atoms with Gasteiger partial charge in [0.25, 0.3) is 0 Å². The van der Waals surface area contributed by atoms with E-state index in [2.05, 4.69) is 38.8 Å². The van der Waals surface area contributed by atoms with Gasteiger partial charge in [0, 0.05) is 38.3 Å².